The number of hydrogen-bond acceptors (Lipinski definition) is 5. The van der Waals surface area contributed by atoms with Crippen LogP contribution in [0.3, 0.4) is 0 Å². The maximum atomic E-state index is 11.7. The minimum absolute atomic E-state index is 0.0855. The van der Waals surface area contributed by atoms with Gasteiger partial charge in [0.2, 0.25) is 5.91 Å². The standard InChI is InChI=1S/C14H23N5O/c1-10-7-12(15-2)18-13(17-10)9-19-6-4-5-11(8-19)14(20)16-3/h7,11H,4-6,8-9H2,1-3H3,(H,16,20)(H,15,17,18). The molecule has 6 nitrogen and oxygen atoms in total. The number of piperidine rings is 1. The third-order valence-electron chi connectivity index (χ3n) is 3.64. The molecule has 1 unspecified atom stereocenters. The second kappa shape index (κ2) is 6.65. The van der Waals surface area contributed by atoms with Crippen LogP contribution in [-0.2, 0) is 11.3 Å². The van der Waals surface area contributed by atoms with Crippen molar-refractivity contribution in [1.82, 2.24) is 20.2 Å². The van der Waals surface area contributed by atoms with Crippen molar-refractivity contribution in [1.29, 1.82) is 0 Å². The Labute approximate surface area is 120 Å². The molecule has 0 bridgehead atoms. The van der Waals surface area contributed by atoms with Crippen molar-refractivity contribution in [3.05, 3.63) is 17.6 Å². The lowest BCUT2D eigenvalue weighted by Gasteiger charge is -2.31. The van der Waals surface area contributed by atoms with Crippen molar-refractivity contribution >= 4 is 11.7 Å². The molecule has 1 saturated heterocycles. The van der Waals surface area contributed by atoms with Crippen molar-refractivity contribution in [3.8, 4) is 0 Å². The Morgan fingerprint density at radius 2 is 2.25 bits per heavy atom. The summed E-state index contributed by atoms with van der Waals surface area (Å²) in [6.45, 7) is 4.45. The molecule has 2 rings (SSSR count). The van der Waals surface area contributed by atoms with Crippen LogP contribution in [0.5, 0.6) is 0 Å². The summed E-state index contributed by atoms with van der Waals surface area (Å²) in [5.74, 6) is 1.87. The van der Waals surface area contributed by atoms with Gasteiger partial charge >= 0.3 is 0 Å². The smallest absolute Gasteiger partial charge is 0.224 e. The number of nitrogens with zero attached hydrogens (tertiary/aromatic N) is 3. The largest absolute Gasteiger partial charge is 0.373 e. The number of likely N-dealkylation sites (tertiary alicyclic amines) is 1. The zero-order valence-electron chi connectivity index (χ0n) is 12.4. The number of hydrogen-bond donors (Lipinski definition) is 2. The molecule has 6 heteroatoms. The predicted octanol–water partition coefficient (Wildman–Crippen LogP) is 0.785. The van der Waals surface area contributed by atoms with E-state index in [0.29, 0.717) is 6.54 Å². The van der Waals surface area contributed by atoms with Crippen LogP contribution >= 0.6 is 0 Å². The van der Waals surface area contributed by atoms with E-state index in [-0.39, 0.29) is 11.8 Å². The topological polar surface area (TPSA) is 70.2 Å². The molecule has 1 aliphatic rings. The van der Waals surface area contributed by atoms with E-state index >= 15 is 0 Å². The van der Waals surface area contributed by atoms with E-state index in [1.807, 2.05) is 20.0 Å². The summed E-state index contributed by atoms with van der Waals surface area (Å²) in [4.78, 5) is 22.9. The average Bonchev–Trinajstić information content (AvgIpc) is 2.46. The summed E-state index contributed by atoms with van der Waals surface area (Å²) in [6.07, 6.45) is 2.01. The zero-order valence-corrected chi connectivity index (χ0v) is 12.4. The fourth-order valence-electron chi connectivity index (χ4n) is 2.65. The second-order valence-electron chi connectivity index (χ2n) is 5.25. The Kier molecular flexibility index (Phi) is 4.89. The molecule has 1 aliphatic heterocycles. The van der Waals surface area contributed by atoms with Gasteiger partial charge in [0.25, 0.3) is 0 Å². The average molecular weight is 277 g/mol. The molecule has 1 aromatic rings. The Bertz CT molecular complexity index is 477. The highest BCUT2D eigenvalue weighted by Crippen LogP contribution is 2.18. The molecule has 2 heterocycles. The summed E-state index contributed by atoms with van der Waals surface area (Å²) in [5.41, 5.74) is 0.958. The molecule has 1 amide bonds. The van der Waals surface area contributed by atoms with Crippen molar-refractivity contribution in [3.63, 3.8) is 0 Å². The number of carbonyl (C=O) groups excluding carboxylic acids is 1. The van der Waals surface area contributed by atoms with Gasteiger partial charge in [-0.15, -0.1) is 0 Å². The molecule has 2 N–H and O–H groups in total. The lowest BCUT2D eigenvalue weighted by atomic mass is 9.97. The van der Waals surface area contributed by atoms with Crippen molar-refractivity contribution in [2.75, 3.05) is 32.5 Å². The van der Waals surface area contributed by atoms with Crippen LogP contribution in [0.2, 0.25) is 0 Å². The van der Waals surface area contributed by atoms with E-state index in [1.165, 1.54) is 0 Å². The molecular weight excluding hydrogens is 254 g/mol. The van der Waals surface area contributed by atoms with Gasteiger partial charge in [0.05, 0.1) is 12.5 Å². The van der Waals surface area contributed by atoms with Gasteiger partial charge in [0.1, 0.15) is 11.6 Å². The van der Waals surface area contributed by atoms with Gasteiger partial charge in [0.15, 0.2) is 0 Å². The van der Waals surface area contributed by atoms with Gasteiger partial charge in [0, 0.05) is 32.4 Å². The maximum Gasteiger partial charge on any atom is 0.224 e. The van der Waals surface area contributed by atoms with Crippen LogP contribution in [0.15, 0.2) is 6.07 Å². The highest BCUT2D eigenvalue weighted by Gasteiger charge is 2.25. The molecule has 110 valence electrons. The van der Waals surface area contributed by atoms with E-state index in [0.717, 1.165) is 43.3 Å². The zero-order chi connectivity index (χ0) is 14.5. The minimum Gasteiger partial charge on any atom is -0.373 e. The van der Waals surface area contributed by atoms with Crippen molar-refractivity contribution in [2.24, 2.45) is 5.92 Å². The molecule has 1 atom stereocenters. The predicted molar refractivity (Wildman–Crippen MR) is 78.4 cm³/mol. The molecule has 1 fully saturated rings. The third-order valence-corrected chi connectivity index (χ3v) is 3.64. The summed E-state index contributed by atoms with van der Waals surface area (Å²) in [5, 5.41) is 5.79. The first-order valence-electron chi connectivity index (χ1n) is 7.08. The first kappa shape index (κ1) is 14.7. The van der Waals surface area contributed by atoms with Crippen molar-refractivity contribution < 1.29 is 4.79 Å². The van der Waals surface area contributed by atoms with E-state index in [4.69, 9.17) is 0 Å². The second-order valence-corrected chi connectivity index (χ2v) is 5.25. The lowest BCUT2D eigenvalue weighted by molar-refractivity contribution is -0.126. The van der Waals surface area contributed by atoms with Crippen LogP contribution in [0.25, 0.3) is 0 Å². The number of rotatable bonds is 4. The molecule has 0 aliphatic carbocycles. The summed E-state index contributed by atoms with van der Waals surface area (Å²) >= 11 is 0. The Balaban J connectivity index is 2.02. The van der Waals surface area contributed by atoms with Crippen LogP contribution in [0, 0.1) is 12.8 Å². The number of nitrogens with one attached hydrogen (secondary N) is 2. The summed E-state index contributed by atoms with van der Waals surface area (Å²) in [6, 6.07) is 1.92. The number of aryl methyl sites for hydroxylation is 1. The Morgan fingerprint density at radius 1 is 1.45 bits per heavy atom. The molecule has 0 saturated carbocycles. The molecule has 20 heavy (non-hydrogen) atoms. The van der Waals surface area contributed by atoms with E-state index in [9.17, 15) is 4.79 Å². The number of amides is 1. The fourth-order valence-corrected chi connectivity index (χ4v) is 2.65. The summed E-state index contributed by atoms with van der Waals surface area (Å²) in [7, 11) is 3.55. The first-order valence-corrected chi connectivity index (χ1v) is 7.08. The molecule has 0 radical (unpaired) electrons. The van der Waals surface area contributed by atoms with Gasteiger partial charge in [-0.25, -0.2) is 9.97 Å². The highest BCUT2D eigenvalue weighted by atomic mass is 16.1. The highest BCUT2D eigenvalue weighted by molar-refractivity contribution is 5.78. The Hall–Kier alpha value is -1.69. The van der Waals surface area contributed by atoms with Crippen LogP contribution in [0.1, 0.15) is 24.4 Å². The normalized spacial score (nSPS) is 19.6. The molecule has 0 spiro atoms. The number of carbonyl (C=O) groups is 1. The summed E-state index contributed by atoms with van der Waals surface area (Å²) < 4.78 is 0. The van der Waals surface area contributed by atoms with E-state index in [2.05, 4.69) is 25.5 Å². The van der Waals surface area contributed by atoms with E-state index < -0.39 is 0 Å². The van der Waals surface area contributed by atoms with Crippen LogP contribution in [0.4, 0.5) is 5.82 Å². The van der Waals surface area contributed by atoms with E-state index in [1.54, 1.807) is 7.05 Å². The molecular formula is C14H23N5O. The number of aromatic nitrogens is 2. The van der Waals surface area contributed by atoms with Gasteiger partial charge < -0.3 is 10.6 Å². The molecule has 0 aromatic carbocycles. The SMILES string of the molecule is CNC(=O)C1CCCN(Cc2nc(C)cc(NC)n2)C1. The minimum atomic E-state index is 0.0855. The maximum absolute atomic E-state index is 11.7. The number of anilines is 1. The molecule has 1 aromatic heterocycles. The fraction of sp³-hybridized carbons (Fsp3) is 0.643. The van der Waals surface area contributed by atoms with Gasteiger partial charge in [-0.05, 0) is 26.3 Å². The van der Waals surface area contributed by atoms with Crippen LogP contribution < -0.4 is 10.6 Å². The lowest BCUT2D eigenvalue weighted by Crippen LogP contribution is -2.42. The van der Waals surface area contributed by atoms with Gasteiger partial charge in [-0.2, -0.15) is 0 Å². The van der Waals surface area contributed by atoms with Gasteiger partial charge in [-0.3, -0.25) is 9.69 Å². The van der Waals surface area contributed by atoms with Crippen molar-refractivity contribution in [2.45, 2.75) is 26.3 Å². The Morgan fingerprint density at radius 3 is 2.95 bits per heavy atom. The third kappa shape index (κ3) is 3.66. The monoisotopic (exact) mass is 277 g/mol. The quantitative estimate of drug-likeness (QED) is 0.851. The van der Waals surface area contributed by atoms with Gasteiger partial charge in [-0.1, -0.05) is 0 Å². The van der Waals surface area contributed by atoms with Crippen LogP contribution in [-0.4, -0.2) is 48.0 Å². The first-order chi connectivity index (χ1) is 9.62.